The molecule has 0 aromatic rings. The highest BCUT2D eigenvalue weighted by molar-refractivity contribution is 5.87. The molecule has 0 aromatic carbocycles. The fourth-order valence-electron chi connectivity index (χ4n) is 1.58. The second-order valence-corrected chi connectivity index (χ2v) is 3.55. The Bertz CT molecular complexity index is 208. The number of carbonyl (C=O) groups is 2. The lowest BCUT2D eigenvalue weighted by molar-refractivity contribution is -0.170. The number of hydrogen-bond acceptors (Lipinski definition) is 3. The van der Waals surface area contributed by atoms with Gasteiger partial charge in [0.2, 0.25) is 0 Å². The van der Waals surface area contributed by atoms with E-state index in [1.807, 2.05) is 20.8 Å². The molecule has 0 saturated carbocycles. The molecule has 0 spiro atoms. The standard InChI is InChI=1S/C10H18O3/c1-6-10(7(2)3,8(4)11)13-9(5)12/h7H,6H2,1-5H3. The van der Waals surface area contributed by atoms with Gasteiger partial charge < -0.3 is 4.74 Å². The number of rotatable bonds is 4. The summed E-state index contributed by atoms with van der Waals surface area (Å²) in [4.78, 5) is 22.2. The molecule has 3 nitrogen and oxygen atoms in total. The van der Waals surface area contributed by atoms with Gasteiger partial charge in [0.25, 0.3) is 0 Å². The van der Waals surface area contributed by atoms with Crippen LogP contribution in [0, 0.1) is 5.92 Å². The highest BCUT2D eigenvalue weighted by Gasteiger charge is 2.40. The molecular formula is C10H18O3. The Balaban J connectivity index is 4.87. The highest BCUT2D eigenvalue weighted by Crippen LogP contribution is 2.27. The molecule has 3 heteroatoms. The van der Waals surface area contributed by atoms with E-state index in [4.69, 9.17) is 4.74 Å². The molecule has 0 radical (unpaired) electrons. The fraction of sp³-hybridized carbons (Fsp3) is 0.800. The number of Topliss-reactive ketones (excluding diaryl/α,β-unsaturated/α-hetero) is 1. The van der Waals surface area contributed by atoms with Gasteiger partial charge in [-0.1, -0.05) is 20.8 Å². The number of esters is 1. The van der Waals surface area contributed by atoms with Crippen LogP contribution in [0.1, 0.15) is 41.0 Å². The van der Waals surface area contributed by atoms with Crippen molar-refractivity contribution in [3.05, 3.63) is 0 Å². The summed E-state index contributed by atoms with van der Waals surface area (Å²) >= 11 is 0. The van der Waals surface area contributed by atoms with Gasteiger partial charge in [0, 0.05) is 12.8 Å². The van der Waals surface area contributed by atoms with E-state index in [9.17, 15) is 9.59 Å². The average molecular weight is 186 g/mol. The Labute approximate surface area is 79.5 Å². The van der Waals surface area contributed by atoms with Crippen LogP contribution in [0.3, 0.4) is 0 Å². The summed E-state index contributed by atoms with van der Waals surface area (Å²) in [5.74, 6) is -0.468. The Morgan fingerprint density at radius 2 is 1.77 bits per heavy atom. The van der Waals surface area contributed by atoms with Gasteiger partial charge in [-0.15, -0.1) is 0 Å². The first-order valence-corrected chi connectivity index (χ1v) is 4.57. The summed E-state index contributed by atoms with van der Waals surface area (Å²) in [6.45, 7) is 8.41. The van der Waals surface area contributed by atoms with Gasteiger partial charge >= 0.3 is 5.97 Å². The third kappa shape index (κ3) is 2.54. The minimum absolute atomic E-state index is 0.0129. The molecule has 0 rings (SSSR count). The zero-order chi connectivity index (χ0) is 10.6. The van der Waals surface area contributed by atoms with Crippen LogP contribution in [0.4, 0.5) is 0 Å². The zero-order valence-corrected chi connectivity index (χ0v) is 9.01. The highest BCUT2D eigenvalue weighted by atomic mass is 16.6. The maximum Gasteiger partial charge on any atom is 0.303 e. The molecule has 1 unspecified atom stereocenters. The molecule has 0 N–H and O–H groups in total. The van der Waals surface area contributed by atoms with Crippen molar-refractivity contribution in [1.82, 2.24) is 0 Å². The quantitative estimate of drug-likeness (QED) is 0.630. The van der Waals surface area contributed by atoms with Gasteiger partial charge in [-0.2, -0.15) is 0 Å². The van der Waals surface area contributed by atoms with Gasteiger partial charge in [0.15, 0.2) is 11.4 Å². The van der Waals surface area contributed by atoms with Crippen molar-refractivity contribution in [2.45, 2.75) is 46.6 Å². The molecule has 0 aliphatic heterocycles. The van der Waals surface area contributed by atoms with E-state index >= 15 is 0 Å². The Hall–Kier alpha value is -0.860. The average Bonchev–Trinajstić information content (AvgIpc) is 1.98. The molecule has 0 fully saturated rings. The maximum atomic E-state index is 11.4. The molecule has 0 heterocycles. The first-order chi connectivity index (χ1) is 5.86. The summed E-state index contributed by atoms with van der Waals surface area (Å²) in [6.07, 6.45) is 0.527. The summed E-state index contributed by atoms with van der Waals surface area (Å²) in [5, 5.41) is 0. The Kier molecular flexibility index (Phi) is 4.11. The van der Waals surface area contributed by atoms with Gasteiger partial charge in [-0.25, -0.2) is 0 Å². The summed E-state index contributed by atoms with van der Waals surface area (Å²) < 4.78 is 5.12. The van der Waals surface area contributed by atoms with E-state index in [0.717, 1.165) is 0 Å². The lowest BCUT2D eigenvalue weighted by atomic mass is 9.84. The summed E-state index contributed by atoms with van der Waals surface area (Å²) in [7, 11) is 0. The topological polar surface area (TPSA) is 43.4 Å². The second kappa shape index (κ2) is 4.40. The van der Waals surface area contributed by atoms with Crippen LogP contribution in [0.5, 0.6) is 0 Å². The van der Waals surface area contributed by atoms with Gasteiger partial charge in [0.1, 0.15) is 0 Å². The molecule has 0 bridgehead atoms. The first-order valence-electron chi connectivity index (χ1n) is 4.57. The van der Waals surface area contributed by atoms with E-state index in [2.05, 4.69) is 0 Å². The van der Waals surface area contributed by atoms with Crippen LogP contribution in [0.2, 0.25) is 0 Å². The van der Waals surface area contributed by atoms with Gasteiger partial charge in [-0.3, -0.25) is 9.59 Å². The van der Waals surface area contributed by atoms with Crippen LogP contribution < -0.4 is 0 Å². The first kappa shape index (κ1) is 12.1. The van der Waals surface area contributed by atoms with Gasteiger partial charge in [0.05, 0.1) is 0 Å². The molecule has 0 aliphatic rings. The largest absolute Gasteiger partial charge is 0.451 e. The maximum absolute atomic E-state index is 11.4. The molecule has 0 aliphatic carbocycles. The van der Waals surface area contributed by atoms with E-state index in [1.54, 1.807) is 0 Å². The van der Waals surface area contributed by atoms with Gasteiger partial charge in [-0.05, 0) is 13.3 Å². The lowest BCUT2D eigenvalue weighted by Crippen LogP contribution is -2.45. The zero-order valence-electron chi connectivity index (χ0n) is 9.01. The van der Waals surface area contributed by atoms with Crippen molar-refractivity contribution >= 4 is 11.8 Å². The van der Waals surface area contributed by atoms with Crippen molar-refractivity contribution in [1.29, 1.82) is 0 Å². The van der Waals surface area contributed by atoms with E-state index in [1.165, 1.54) is 13.8 Å². The molecule has 0 amide bonds. The van der Waals surface area contributed by atoms with Crippen LogP contribution >= 0.6 is 0 Å². The summed E-state index contributed by atoms with van der Waals surface area (Å²) in [5.41, 5.74) is -0.925. The van der Waals surface area contributed by atoms with Crippen molar-refractivity contribution in [3.63, 3.8) is 0 Å². The van der Waals surface area contributed by atoms with Crippen molar-refractivity contribution in [2.24, 2.45) is 5.92 Å². The second-order valence-electron chi connectivity index (χ2n) is 3.55. The number of ketones is 1. The van der Waals surface area contributed by atoms with Crippen molar-refractivity contribution in [2.75, 3.05) is 0 Å². The lowest BCUT2D eigenvalue weighted by Gasteiger charge is -2.33. The SMILES string of the molecule is CCC(OC(C)=O)(C(C)=O)C(C)C. The predicted molar refractivity (Wildman–Crippen MR) is 50.3 cm³/mol. The molecular weight excluding hydrogens is 168 g/mol. The van der Waals surface area contributed by atoms with E-state index in [0.29, 0.717) is 6.42 Å². The van der Waals surface area contributed by atoms with Crippen molar-refractivity contribution in [3.8, 4) is 0 Å². The monoisotopic (exact) mass is 186 g/mol. The van der Waals surface area contributed by atoms with E-state index < -0.39 is 11.6 Å². The molecule has 76 valence electrons. The molecule has 13 heavy (non-hydrogen) atoms. The minimum Gasteiger partial charge on any atom is -0.451 e. The van der Waals surface area contributed by atoms with Crippen molar-refractivity contribution < 1.29 is 14.3 Å². The predicted octanol–water partition coefficient (Wildman–Crippen LogP) is 1.94. The normalized spacial score (nSPS) is 15.2. The fourth-order valence-corrected chi connectivity index (χ4v) is 1.58. The Morgan fingerprint density at radius 3 is 1.85 bits per heavy atom. The molecule has 0 saturated heterocycles. The molecule has 0 aromatic heterocycles. The van der Waals surface area contributed by atoms with E-state index in [-0.39, 0.29) is 11.7 Å². The molecule has 1 atom stereocenters. The van der Waals surface area contributed by atoms with Crippen LogP contribution in [-0.4, -0.2) is 17.4 Å². The minimum atomic E-state index is -0.925. The van der Waals surface area contributed by atoms with Crippen LogP contribution in [-0.2, 0) is 14.3 Å². The summed E-state index contributed by atoms with van der Waals surface area (Å²) in [6, 6.07) is 0. The third-order valence-corrected chi connectivity index (χ3v) is 2.38. The number of ether oxygens (including phenoxy) is 1. The number of carbonyl (C=O) groups excluding carboxylic acids is 2. The van der Waals surface area contributed by atoms with Crippen LogP contribution in [0.25, 0.3) is 0 Å². The third-order valence-electron chi connectivity index (χ3n) is 2.38. The van der Waals surface area contributed by atoms with Crippen LogP contribution in [0.15, 0.2) is 0 Å². The smallest absolute Gasteiger partial charge is 0.303 e. The Morgan fingerprint density at radius 1 is 1.31 bits per heavy atom. The number of hydrogen-bond donors (Lipinski definition) is 0.